The zero-order valence-corrected chi connectivity index (χ0v) is 13.8. The Bertz CT molecular complexity index is 886. The van der Waals surface area contributed by atoms with Gasteiger partial charge in [-0.3, -0.25) is 15.0 Å². The molecule has 0 unspecified atom stereocenters. The number of carbonyl (C=O) groups is 3. The van der Waals surface area contributed by atoms with Gasteiger partial charge in [0.05, 0.1) is 5.39 Å². The van der Waals surface area contributed by atoms with Crippen molar-refractivity contribution in [3.8, 4) is 0 Å². The van der Waals surface area contributed by atoms with Crippen molar-refractivity contribution in [2.24, 2.45) is 0 Å². The van der Waals surface area contributed by atoms with Gasteiger partial charge >= 0.3 is 12.1 Å². The van der Waals surface area contributed by atoms with Gasteiger partial charge in [-0.15, -0.1) is 0 Å². The maximum atomic E-state index is 12.0. The highest BCUT2D eigenvalue weighted by atomic mass is 16.5. The molecule has 2 saturated heterocycles. The molecule has 2 fully saturated rings. The van der Waals surface area contributed by atoms with Gasteiger partial charge in [0.25, 0.3) is 0 Å². The van der Waals surface area contributed by atoms with Crippen LogP contribution in [0.1, 0.15) is 6.42 Å². The molecule has 0 aliphatic carbocycles. The largest absolute Gasteiger partial charge is 0.465 e. The molecule has 0 saturated carbocycles. The normalized spacial score (nSPS) is 18.4. The first-order valence-corrected chi connectivity index (χ1v) is 8.26. The Balaban J connectivity index is 1.56. The topological polar surface area (TPSA) is 119 Å². The summed E-state index contributed by atoms with van der Waals surface area (Å²) in [5.74, 6) is 0.379. The van der Waals surface area contributed by atoms with Crippen molar-refractivity contribution in [1.29, 1.82) is 0 Å². The van der Waals surface area contributed by atoms with Gasteiger partial charge in [0.2, 0.25) is 5.91 Å². The summed E-state index contributed by atoms with van der Waals surface area (Å²) in [4.78, 5) is 39.1. The highest BCUT2D eigenvalue weighted by molar-refractivity contribution is 6.06. The van der Waals surface area contributed by atoms with Crippen LogP contribution in [0.5, 0.6) is 0 Å². The number of fused-ring (bicyclic) bond motifs is 1. The number of carbonyl (C=O) groups excluding carboxylic acids is 2. The lowest BCUT2D eigenvalue weighted by atomic mass is 10.2. The van der Waals surface area contributed by atoms with Gasteiger partial charge in [-0.05, 0) is 12.1 Å². The molecule has 1 aromatic carbocycles. The van der Waals surface area contributed by atoms with Gasteiger partial charge < -0.3 is 19.4 Å². The summed E-state index contributed by atoms with van der Waals surface area (Å²) in [7, 11) is 0. The van der Waals surface area contributed by atoms with E-state index in [1.54, 1.807) is 12.1 Å². The molecule has 2 aliphatic rings. The molecule has 4 rings (SSSR count). The van der Waals surface area contributed by atoms with Crippen molar-refractivity contribution < 1.29 is 24.0 Å². The van der Waals surface area contributed by atoms with Crippen LogP contribution in [-0.4, -0.2) is 65.9 Å². The van der Waals surface area contributed by atoms with Crippen LogP contribution in [0.25, 0.3) is 11.0 Å². The van der Waals surface area contributed by atoms with Crippen LogP contribution in [0.4, 0.5) is 21.1 Å². The molecule has 10 nitrogen and oxygen atoms in total. The number of nitrogens with one attached hydrogen (secondary N) is 1. The van der Waals surface area contributed by atoms with Gasteiger partial charge in [-0.1, -0.05) is 5.16 Å². The first-order valence-electron chi connectivity index (χ1n) is 8.26. The number of aromatic nitrogens is 1. The van der Waals surface area contributed by atoms with Crippen molar-refractivity contribution in [1.82, 2.24) is 15.4 Å². The second-order valence-electron chi connectivity index (χ2n) is 6.20. The van der Waals surface area contributed by atoms with Crippen LogP contribution in [0.15, 0.2) is 22.7 Å². The van der Waals surface area contributed by atoms with E-state index in [2.05, 4.69) is 10.5 Å². The van der Waals surface area contributed by atoms with Gasteiger partial charge in [0.1, 0.15) is 0 Å². The number of anilines is 2. The van der Waals surface area contributed by atoms with Crippen molar-refractivity contribution in [2.75, 3.05) is 42.5 Å². The summed E-state index contributed by atoms with van der Waals surface area (Å²) < 4.78 is 5.42. The second kappa shape index (κ2) is 6.21. The number of rotatable bonds is 2. The van der Waals surface area contributed by atoms with E-state index in [1.165, 1.54) is 9.80 Å². The predicted molar refractivity (Wildman–Crippen MR) is 91.3 cm³/mol. The third kappa shape index (κ3) is 2.79. The predicted octanol–water partition coefficient (Wildman–Crippen LogP) is 1.07. The highest BCUT2D eigenvalue weighted by Crippen LogP contribution is 2.30. The minimum Gasteiger partial charge on any atom is -0.465 e. The Morgan fingerprint density at radius 1 is 1.15 bits per heavy atom. The van der Waals surface area contributed by atoms with E-state index in [-0.39, 0.29) is 12.3 Å². The lowest BCUT2D eigenvalue weighted by Gasteiger charge is -2.33. The Hall–Kier alpha value is -3.30. The summed E-state index contributed by atoms with van der Waals surface area (Å²) in [6.45, 7) is 2.19. The molecule has 0 spiro atoms. The van der Waals surface area contributed by atoms with Crippen LogP contribution >= 0.6 is 0 Å². The summed E-state index contributed by atoms with van der Waals surface area (Å²) in [6.07, 6.45) is -0.670. The Kier molecular flexibility index (Phi) is 3.86. The van der Waals surface area contributed by atoms with Crippen LogP contribution in [0, 0.1) is 0 Å². The summed E-state index contributed by atoms with van der Waals surface area (Å²) in [5.41, 5.74) is 1.16. The quantitative estimate of drug-likeness (QED) is 0.823. The number of benzene rings is 1. The van der Waals surface area contributed by atoms with E-state index in [9.17, 15) is 14.4 Å². The number of carboxylic acid groups (broad SMARTS) is 1. The van der Waals surface area contributed by atoms with Gasteiger partial charge in [0.15, 0.2) is 11.4 Å². The maximum absolute atomic E-state index is 12.0. The number of hydrogen-bond donors (Lipinski definition) is 2. The Morgan fingerprint density at radius 2 is 1.92 bits per heavy atom. The van der Waals surface area contributed by atoms with E-state index in [4.69, 9.17) is 9.63 Å². The van der Waals surface area contributed by atoms with Crippen LogP contribution in [-0.2, 0) is 4.79 Å². The number of hydrogen-bond acceptors (Lipinski definition) is 6. The smallest absolute Gasteiger partial charge is 0.407 e. The maximum Gasteiger partial charge on any atom is 0.407 e. The lowest BCUT2D eigenvalue weighted by molar-refractivity contribution is -0.120. The van der Waals surface area contributed by atoms with Crippen LogP contribution < -0.4 is 15.1 Å². The van der Waals surface area contributed by atoms with E-state index in [0.29, 0.717) is 49.8 Å². The Morgan fingerprint density at radius 3 is 2.62 bits per heavy atom. The molecule has 2 N–H and O–H groups in total. The molecule has 0 radical (unpaired) electrons. The average Bonchev–Trinajstić information content (AvgIpc) is 3.05. The minimum atomic E-state index is -0.919. The summed E-state index contributed by atoms with van der Waals surface area (Å²) in [5, 5.41) is 16.2. The molecule has 10 heteroatoms. The molecule has 26 heavy (non-hydrogen) atoms. The van der Waals surface area contributed by atoms with E-state index in [1.807, 2.05) is 11.0 Å². The first kappa shape index (κ1) is 16.2. The summed E-state index contributed by atoms with van der Waals surface area (Å²) in [6, 6.07) is 4.87. The molecule has 3 heterocycles. The fourth-order valence-electron chi connectivity index (χ4n) is 3.23. The standard InChI is InChI=1S/C16H17N5O5/c22-13-3-4-21(15(23)17-13)10-1-2-11-12(9-10)26-18-14(11)19-5-7-20(8-6-19)16(24)25/h1-2,9H,3-8H2,(H,24,25)(H,17,22,23). The number of urea groups is 1. The second-order valence-corrected chi connectivity index (χ2v) is 6.20. The Labute approximate surface area is 147 Å². The molecule has 2 aliphatic heterocycles. The fraction of sp³-hybridized carbons (Fsp3) is 0.375. The van der Waals surface area contributed by atoms with E-state index in [0.717, 1.165) is 5.39 Å². The molecule has 2 aromatic rings. The van der Waals surface area contributed by atoms with E-state index < -0.39 is 12.1 Å². The van der Waals surface area contributed by atoms with Gasteiger partial charge in [-0.25, -0.2) is 9.59 Å². The zero-order chi connectivity index (χ0) is 18.3. The third-order valence-corrected chi connectivity index (χ3v) is 4.65. The van der Waals surface area contributed by atoms with Crippen molar-refractivity contribution >= 4 is 40.5 Å². The van der Waals surface area contributed by atoms with Gasteiger partial charge in [0, 0.05) is 50.9 Å². The number of amides is 4. The molecule has 1 aromatic heterocycles. The summed E-state index contributed by atoms with van der Waals surface area (Å²) >= 11 is 0. The fourth-order valence-corrected chi connectivity index (χ4v) is 3.23. The molecule has 4 amide bonds. The van der Waals surface area contributed by atoms with Crippen LogP contribution in [0.2, 0.25) is 0 Å². The van der Waals surface area contributed by atoms with E-state index >= 15 is 0 Å². The monoisotopic (exact) mass is 359 g/mol. The van der Waals surface area contributed by atoms with Gasteiger partial charge in [-0.2, -0.15) is 0 Å². The molecular weight excluding hydrogens is 342 g/mol. The molecule has 0 atom stereocenters. The average molecular weight is 359 g/mol. The number of piperazine rings is 1. The van der Waals surface area contributed by atoms with Crippen LogP contribution in [0.3, 0.4) is 0 Å². The third-order valence-electron chi connectivity index (χ3n) is 4.65. The molecule has 0 bridgehead atoms. The molecule has 136 valence electrons. The highest BCUT2D eigenvalue weighted by Gasteiger charge is 2.27. The zero-order valence-electron chi connectivity index (χ0n) is 13.8. The minimum absolute atomic E-state index is 0.249. The van der Waals surface area contributed by atoms with Crippen molar-refractivity contribution in [3.05, 3.63) is 18.2 Å². The van der Waals surface area contributed by atoms with Crippen molar-refractivity contribution in [3.63, 3.8) is 0 Å². The lowest BCUT2D eigenvalue weighted by Crippen LogP contribution is -2.49. The SMILES string of the molecule is O=C1CCN(c2ccc3c(N4CCN(C(=O)O)CC4)noc3c2)C(=O)N1. The number of nitrogens with zero attached hydrogens (tertiary/aromatic N) is 4. The number of imide groups is 1. The molecular formula is C16H17N5O5. The van der Waals surface area contributed by atoms with Crippen molar-refractivity contribution in [2.45, 2.75) is 6.42 Å². The first-order chi connectivity index (χ1) is 12.5.